The molecule has 10 heteroatoms. The molecule has 30 heavy (non-hydrogen) atoms. The van der Waals surface area contributed by atoms with Crippen molar-refractivity contribution in [2.75, 3.05) is 5.73 Å². The Hall–Kier alpha value is -2.61. The summed E-state index contributed by atoms with van der Waals surface area (Å²) in [7, 11) is 0. The van der Waals surface area contributed by atoms with E-state index >= 15 is 0 Å². The molecular formula is C20H19Cl3N6O. The third-order valence-corrected chi connectivity index (χ3v) is 5.67. The summed E-state index contributed by atoms with van der Waals surface area (Å²) in [5.41, 5.74) is 12.8. The fourth-order valence-electron chi connectivity index (χ4n) is 2.81. The highest BCUT2D eigenvalue weighted by atomic mass is 35.5. The summed E-state index contributed by atoms with van der Waals surface area (Å²) in [5.74, 6) is -0.663. The smallest absolute Gasteiger partial charge is 0.291 e. The summed E-state index contributed by atoms with van der Waals surface area (Å²) in [6.07, 6.45) is 1.52. The first kappa shape index (κ1) is 22.1. The Balaban J connectivity index is 1.76. The molecular weight excluding hydrogens is 447 g/mol. The SMILES string of the molecule is Cc1ccc(Cn2nc(C)c(/C=N/NC(=O)c3nc(Cl)c(Cl)c(N)c3Cl)c2C)cc1. The summed E-state index contributed by atoms with van der Waals surface area (Å²) >= 11 is 17.8. The zero-order valence-corrected chi connectivity index (χ0v) is 18.8. The third-order valence-electron chi connectivity index (χ3n) is 4.54. The number of benzene rings is 1. The predicted octanol–water partition coefficient (Wildman–Crippen LogP) is 4.56. The van der Waals surface area contributed by atoms with Crippen LogP contribution in [0, 0.1) is 20.8 Å². The summed E-state index contributed by atoms with van der Waals surface area (Å²) in [4.78, 5) is 16.2. The minimum Gasteiger partial charge on any atom is -0.396 e. The van der Waals surface area contributed by atoms with Gasteiger partial charge in [-0.2, -0.15) is 10.2 Å². The number of halogens is 3. The number of nitrogens with two attached hydrogens (primary N) is 1. The van der Waals surface area contributed by atoms with Crippen LogP contribution in [0.25, 0.3) is 0 Å². The number of aryl methyl sites for hydroxylation is 2. The standard InChI is InChI=1S/C20H19Cl3N6O/c1-10-4-6-13(7-5-10)9-29-12(3)14(11(2)28-29)8-25-27-20(30)18-15(21)17(24)16(22)19(23)26-18/h4-8H,9H2,1-3H3,(H2,24,26)(H,27,30)/b25-8+. The number of hydrogen-bond acceptors (Lipinski definition) is 5. The van der Waals surface area contributed by atoms with Crippen molar-refractivity contribution < 1.29 is 4.79 Å². The maximum atomic E-state index is 12.4. The molecule has 0 atom stereocenters. The van der Waals surface area contributed by atoms with Crippen molar-refractivity contribution in [2.24, 2.45) is 5.10 Å². The molecule has 0 aliphatic rings. The zero-order chi connectivity index (χ0) is 22.0. The topological polar surface area (TPSA) is 98.2 Å². The second kappa shape index (κ2) is 9.04. The van der Waals surface area contributed by atoms with Gasteiger partial charge in [-0.25, -0.2) is 10.4 Å². The maximum absolute atomic E-state index is 12.4. The molecule has 2 heterocycles. The number of pyridine rings is 1. The number of nitrogens with one attached hydrogen (secondary N) is 1. The van der Waals surface area contributed by atoms with E-state index in [0.717, 1.165) is 22.5 Å². The van der Waals surface area contributed by atoms with Crippen molar-refractivity contribution in [3.05, 3.63) is 73.2 Å². The normalized spacial score (nSPS) is 11.3. The van der Waals surface area contributed by atoms with Crippen LogP contribution < -0.4 is 11.2 Å². The van der Waals surface area contributed by atoms with Crippen LogP contribution in [-0.4, -0.2) is 26.9 Å². The molecule has 1 amide bonds. The van der Waals surface area contributed by atoms with E-state index in [9.17, 15) is 4.79 Å². The lowest BCUT2D eigenvalue weighted by Crippen LogP contribution is -2.20. The molecule has 0 saturated carbocycles. The number of amides is 1. The molecule has 0 fully saturated rings. The monoisotopic (exact) mass is 464 g/mol. The summed E-state index contributed by atoms with van der Waals surface area (Å²) in [6, 6.07) is 8.26. The molecule has 0 unspecified atom stereocenters. The Bertz CT molecular complexity index is 1140. The van der Waals surface area contributed by atoms with E-state index in [4.69, 9.17) is 40.5 Å². The van der Waals surface area contributed by atoms with Crippen molar-refractivity contribution in [3.8, 4) is 0 Å². The van der Waals surface area contributed by atoms with Crippen molar-refractivity contribution >= 4 is 52.6 Å². The summed E-state index contributed by atoms with van der Waals surface area (Å²) in [5, 5.41) is 8.36. The van der Waals surface area contributed by atoms with Gasteiger partial charge in [0.25, 0.3) is 5.91 Å². The quantitative estimate of drug-likeness (QED) is 0.328. The van der Waals surface area contributed by atoms with E-state index in [1.54, 1.807) is 0 Å². The molecule has 7 nitrogen and oxygen atoms in total. The molecule has 3 N–H and O–H groups in total. The maximum Gasteiger partial charge on any atom is 0.291 e. The molecule has 0 spiro atoms. The molecule has 3 rings (SSSR count). The largest absolute Gasteiger partial charge is 0.396 e. The molecule has 0 saturated heterocycles. The van der Waals surface area contributed by atoms with Crippen LogP contribution in [0.5, 0.6) is 0 Å². The number of carbonyl (C=O) groups is 1. The average molecular weight is 466 g/mol. The highest BCUT2D eigenvalue weighted by Gasteiger charge is 2.19. The zero-order valence-electron chi connectivity index (χ0n) is 16.5. The van der Waals surface area contributed by atoms with Gasteiger partial charge in [-0.15, -0.1) is 0 Å². The van der Waals surface area contributed by atoms with Gasteiger partial charge in [0.2, 0.25) is 0 Å². The van der Waals surface area contributed by atoms with Gasteiger partial charge in [-0.3, -0.25) is 9.48 Å². The highest BCUT2D eigenvalue weighted by molar-refractivity contribution is 6.46. The Kier molecular flexibility index (Phi) is 6.65. The van der Waals surface area contributed by atoms with E-state index in [-0.39, 0.29) is 26.6 Å². The summed E-state index contributed by atoms with van der Waals surface area (Å²) < 4.78 is 1.89. The fraction of sp³-hybridized carbons (Fsp3) is 0.200. The van der Waals surface area contributed by atoms with Crippen molar-refractivity contribution in [1.82, 2.24) is 20.2 Å². The van der Waals surface area contributed by atoms with E-state index in [0.29, 0.717) is 6.54 Å². The van der Waals surface area contributed by atoms with Crippen LogP contribution >= 0.6 is 34.8 Å². The van der Waals surface area contributed by atoms with Gasteiger partial charge in [0.1, 0.15) is 5.02 Å². The minimum absolute atomic E-state index is 0.00559. The number of hydrogen-bond donors (Lipinski definition) is 2. The highest BCUT2D eigenvalue weighted by Crippen LogP contribution is 2.34. The second-order valence-corrected chi connectivity index (χ2v) is 7.83. The van der Waals surface area contributed by atoms with Gasteiger partial charge in [-0.1, -0.05) is 64.6 Å². The third kappa shape index (κ3) is 4.59. The molecule has 0 aliphatic carbocycles. The van der Waals surface area contributed by atoms with Crippen LogP contribution in [-0.2, 0) is 6.54 Å². The lowest BCUT2D eigenvalue weighted by Gasteiger charge is -2.07. The first-order valence-electron chi connectivity index (χ1n) is 8.92. The Morgan fingerprint density at radius 1 is 1.17 bits per heavy atom. The van der Waals surface area contributed by atoms with E-state index in [1.165, 1.54) is 11.8 Å². The number of anilines is 1. The van der Waals surface area contributed by atoms with Gasteiger partial charge in [0.15, 0.2) is 10.8 Å². The molecule has 0 radical (unpaired) electrons. The van der Waals surface area contributed by atoms with Gasteiger partial charge >= 0.3 is 0 Å². The Labute approximate surface area is 188 Å². The molecule has 156 valence electrons. The van der Waals surface area contributed by atoms with Crippen LogP contribution in [0.2, 0.25) is 15.2 Å². The average Bonchev–Trinajstić information content (AvgIpc) is 2.98. The molecule has 1 aromatic carbocycles. The van der Waals surface area contributed by atoms with E-state index in [1.807, 2.05) is 25.5 Å². The minimum atomic E-state index is -0.663. The number of rotatable bonds is 5. The number of hydrazone groups is 1. The van der Waals surface area contributed by atoms with Gasteiger partial charge in [0.05, 0.1) is 29.2 Å². The van der Waals surface area contributed by atoms with E-state index in [2.05, 4.69) is 44.9 Å². The van der Waals surface area contributed by atoms with Gasteiger partial charge in [-0.05, 0) is 26.3 Å². The number of carbonyl (C=O) groups excluding carboxylic acids is 1. The number of aromatic nitrogens is 3. The fourth-order valence-corrected chi connectivity index (χ4v) is 3.40. The Morgan fingerprint density at radius 3 is 2.50 bits per heavy atom. The number of nitrogen functional groups attached to an aromatic ring is 1. The van der Waals surface area contributed by atoms with Crippen LogP contribution in [0.1, 0.15) is 38.6 Å². The van der Waals surface area contributed by atoms with Crippen molar-refractivity contribution in [1.29, 1.82) is 0 Å². The van der Waals surface area contributed by atoms with Crippen LogP contribution in [0.15, 0.2) is 29.4 Å². The van der Waals surface area contributed by atoms with Gasteiger partial charge < -0.3 is 5.73 Å². The summed E-state index contributed by atoms with van der Waals surface area (Å²) in [6.45, 7) is 6.50. The molecule has 2 aromatic heterocycles. The molecule has 0 bridgehead atoms. The Morgan fingerprint density at radius 2 is 1.83 bits per heavy atom. The van der Waals surface area contributed by atoms with Crippen molar-refractivity contribution in [3.63, 3.8) is 0 Å². The van der Waals surface area contributed by atoms with Gasteiger partial charge in [0, 0.05) is 11.3 Å². The predicted molar refractivity (Wildman–Crippen MR) is 121 cm³/mol. The molecule has 3 aromatic rings. The van der Waals surface area contributed by atoms with E-state index < -0.39 is 5.91 Å². The number of nitrogens with zero attached hydrogens (tertiary/aromatic N) is 4. The second-order valence-electron chi connectivity index (χ2n) is 6.72. The first-order chi connectivity index (χ1) is 14.2. The van der Waals surface area contributed by atoms with Crippen LogP contribution in [0.3, 0.4) is 0 Å². The molecule has 0 aliphatic heterocycles. The first-order valence-corrected chi connectivity index (χ1v) is 10.0. The van der Waals surface area contributed by atoms with Crippen molar-refractivity contribution in [2.45, 2.75) is 27.3 Å². The lowest BCUT2D eigenvalue weighted by molar-refractivity contribution is 0.0950. The van der Waals surface area contributed by atoms with Crippen LogP contribution in [0.4, 0.5) is 5.69 Å². The lowest BCUT2D eigenvalue weighted by atomic mass is 10.1.